The summed E-state index contributed by atoms with van der Waals surface area (Å²) in [4.78, 5) is 14.0. The Bertz CT molecular complexity index is 940. The van der Waals surface area contributed by atoms with Crippen molar-refractivity contribution in [2.24, 2.45) is 0 Å². The fourth-order valence-corrected chi connectivity index (χ4v) is 3.11. The summed E-state index contributed by atoms with van der Waals surface area (Å²) in [5, 5.41) is 0. The lowest BCUT2D eigenvalue weighted by Gasteiger charge is -2.05. The van der Waals surface area contributed by atoms with E-state index >= 15 is 0 Å². The minimum absolute atomic E-state index is 0.00484. The van der Waals surface area contributed by atoms with Crippen LogP contribution < -0.4 is 4.74 Å². The van der Waals surface area contributed by atoms with Crippen molar-refractivity contribution in [3.63, 3.8) is 0 Å². The van der Waals surface area contributed by atoms with E-state index in [1.807, 2.05) is 19.1 Å². The number of furan rings is 1. The molecule has 0 saturated carbocycles. The van der Waals surface area contributed by atoms with Crippen LogP contribution in [0.3, 0.4) is 0 Å². The van der Waals surface area contributed by atoms with Crippen LogP contribution >= 0.6 is 11.3 Å². The lowest BCUT2D eigenvalue weighted by molar-refractivity contribution is 0.105. The lowest BCUT2D eigenvalue weighted by Crippen LogP contribution is -1.96. The predicted molar refractivity (Wildman–Crippen MR) is 96.5 cm³/mol. The van der Waals surface area contributed by atoms with Crippen molar-refractivity contribution in [1.29, 1.82) is 0 Å². The van der Waals surface area contributed by atoms with Gasteiger partial charge in [-0.15, -0.1) is 11.3 Å². The van der Waals surface area contributed by atoms with Crippen LogP contribution in [0.4, 0.5) is 8.78 Å². The van der Waals surface area contributed by atoms with Gasteiger partial charge in [0.25, 0.3) is 0 Å². The van der Waals surface area contributed by atoms with Gasteiger partial charge < -0.3 is 9.15 Å². The Kier molecular flexibility index (Phi) is 5.63. The number of ether oxygens (including phenoxy) is 1. The number of halogens is 2. The fourth-order valence-electron chi connectivity index (χ4n) is 2.24. The molecule has 6 heteroatoms. The predicted octanol–water partition coefficient (Wildman–Crippen LogP) is 5.66. The average molecular weight is 374 g/mol. The average Bonchev–Trinajstić information content (AvgIpc) is 3.28. The minimum Gasteiger partial charge on any atom is -0.483 e. The molecule has 0 unspecified atom stereocenters. The Morgan fingerprint density at radius 1 is 1.19 bits per heavy atom. The number of hydrogen-bond donors (Lipinski definition) is 0. The van der Waals surface area contributed by atoms with Crippen LogP contribution in [-0.2, 0) is 13.0 Å². The van der Waals surface area contributed by atoms with Crippen molar-refractivity contribution >= 4 is 23.2 Å². The van der Waals surface area contributed by atoms with Gasteiger partial charge in [-0.2, -0.15) is 0 Å². The van der Waals surface area contributed by atoms with Crippen LogP contribution in [0.25, 0.3) is 6.08 Å². The van der Waals surface area contributed by atoms with Gasteiger partial charge in [0.2, 0.25) is 0 Å². The number of thiophene rings is 1. The molecule has 0 bridgehead atoms. The molecule has 0 amide bonds. The third-order valence-corrected chi connectivity index (χ3v) is 4.84. The van der Waals surface area contributed by atoms with Gasteiger partial charge >= 0.3 is 0 Å². The highest BCUT2D eigenvalue weighted by Gasteiger charge is 2.08. The smallest absolute Gasteiger partial charge is 0.195 e. The molecule has 1 aromatic carbocycles. The van der Waals surface area contributed by atoms with Gasteiger partial charge in [0, 0.05) is 10.9 Å². The number of carbonyl (C=O) groups is 1. The molecule has 3 aromatic rings. The van der Waals surface area contributed by atoms with Crippen molar-refractivity contribution in [2.45, 2.75) is 20.0 Å². The first-order chi connectivity index (χ1) is 12.5. The summed E-state index contributed by atoms with van der Waals surface area (Å²) in [6, 6.07) is 10.2. The van der Waals surface area contributed by atoms with Crippen LogP contribution in [0.15, 0.2) is 53.0 Å². The van der Waals surface area contributed by atoms with E-state index in [1.54, 1.807) is 18.2 Å². The van der Waals surface area contributed by atoms with E-state index in [0.717, 1.165) is 23.4 Å². The van der Waals surface area contributed by atoms with Gasteiger partial charge in [0.1, 0.15) is 23.9 Å². The van der Waals surface area contributed by atoms with Gasteiger partial charge in [0.05, 0.1) is 4.88 Å². The number of allylic oxidation sites excluding steroid dienone is 1. The maximum Gasteiger partial charge on any atom is 0.195 e. The second-order valence-corrected chi connectivity index (χ2v) is 6.65. The minimum atomic E-state index is -0.773. The highest BCUT2D eigenvalue weighted by molar-refractivity contribution is 7.14. The standard InChI is InChI=1S/C20H16F2O3S/c1-2-16-7-10-20(26-16)18(23)8-6-14-4-5-15(25-14)12-24-19-9-3-13(21)11-17(19)22/h3-11H,2,12H2,1H3/b8-6+. The van der Waals surface area contributed by atoms with E-state index in [9.17, 15) is 13.6 Å². The Labute approximate surface area is 153 Å². The van der Waals surface area contributed by atoms with Crippen molar-refractivity contribution in [3.05, 3.63) is 81.4 Å². The van der Waals surface area contributed by atoms with Crippen molar-refractivity contribution < 1.29 is 22.7 Å². The summed E-state index contributed by atoms with van der Waals surface area (Å²) in [5.74, 6) is -0.628. The van der Waals surface area contributed by atoms with E-state index in [0.29, 0.717) is 16.4 Å². The molecule has 0 aliphatic heterocycles. The summed E-state index contributed by atoms with van der Waals surface area (Å²) in [7, 11) is 0. The van der Waals surface area contributed by atoms with Crippen LogP contribution in [0.1, 0.15) is 33.0 Å². The topological polar surface area (TPSA) is 39.4 Å². The third-order valence-electron chi connectivity index (χ3n) is 3.60. The zero-order chi connectivity index (χ0) is 18.5. The largest absolute Gasteiger partial charge is 0.483 e. The Hall–Kier alpha value is -2.73. The van der Waals surface area contributed by atoms with E-state index in [1.165, 1.54) is 23.5 Å². The first-order valence-corrected chi connectivity index (χ1v) is 8.84. The van der Waals surface area contributed by atoms with Crippen LogP contribution in [0, 0.1) is 11.6 Å². The monoisotopic (exact) mass is 374 g/mol. The molecule has 0 radical (unpaired) electrons. The molecule has 26 heavy (non-hydrogen) atoms. The quantitative estimate of drug-likeness (QED) is 0.396. The number of carbonyl (C=O) groups excluding carboxylic acids is 1. The van der Waals surface area contributed by atoms with E-state index < -0.39 is 11.6 Å². The first kappa shape index (κ1) is 18.1. The highest BCUT2D eigenvalue weighted by Crippen LogP contribution is 2.21. The Morgan fingerprint density at radius 2 is 2.04 bits per heavy atom. The number of rotatable bonds is 7. The summed E-state index contributed by atoms with van der Waals surface area (Å²) in [6.45, 7) is 2.04. The van der Waals surface area contributed by atoms with Gasteiger partial charge in [0.15, 0.2) is 17.3 Å². The molecule has 2 aromatic heterocycles. The lowest BCUT2D eigenvalue weighted by atomic mass is 10.2. The van der Waals surface area contributed by atoms with E-state index in [2.05, 4.69) is 0 Å². The zero-order valence-corrected chi connectivity index (χ0v) is 14.8. The summed E-state index contributed by atoms with van der Waals surface area (Å²) < 4.78 is 37.2. The second-order valence-electron chi connectivity index (χ2n) is 5.48. The molecule has 134 valence electrons. The molecular formula is C20H16F2O3S. The zero-order valence-electron chi connectivity index (χ0n) is 14.0. The number of benzene rings is 1. The van der Waals surface area contributed by atoms with Gasteiger partial charge in [-0.25, -0.2) is 8.78 Å². The highest BCUT2D eigenvalue weighted by atomic mass is 32.1. The van der Waals surface area contributed by atoms with Crippen LogP contribution in [-0.4, -0.2) is 5.78 Å². The van der Waals surface area contributed by atoms with Crippen molar-refractivity contribution in [2.75, 3.05) is 0 Å². The Morgan fingerprint density at radius 3 is 2.77 bits per heavy atom. The van der Waals surface area contributed by atoms with Crippen molar-refractivity contribution in [1.82, 2.24) is 0 Å². The molecule has 0 aliphatic rings. The summed E-state index contributed by atoms with van der Waals surface area (Å²) in [5.41, 5.74) is 0. The molecule has 0 fully saturated rings. The van der Waals surface area contributed by atoms with Crippen molar-refractivity contribution in [3.8, 4) is 5.75 Å². The van der Waals surface area contributed by atoms with Gasteiger partial charge in [-0.1, -0.05) is 6.92 Å². The maximum absolute atomic E-state index is 13.5. The molecule has 3 rings (SSSR count). The Balaban J connectivity index is 1.59. The molecule has 0 spiro atoms. The number of hydrogen-bond acceptors (Lipinski definition) is 4. The first-order valence-electron chi connectivity index (χ1n) is 8.03. The molecule has 0 N–H and O–H groups in total. The SMILES string of the molecule is CCc1ccc(C(=O)/C=C/c2ccc(COc3ccc(F)cc3F)o2)s1. The van der Waals surface area contributed by atoms with Crippen LogP contribution in [0.5, 0.6) is 5.75 Å². The molecular weight excluding hydrogens is 358 g/mol. The number of aryl methyl sites for hydroxylation is 1. The summed E-state index contributed by atoms with van der Waals surface area (Å²) >= 11 is 1.48. The molecule has 0 saturated heterocycles. The second kappa shape index (κ2) is 8.10. The molecule has 0 aliphatic carbocycles. The third kappa shape index (κ3) is 4.46. The molecule has 2 heterocycles. The van der Waals surface area contributed by atoms with Gasteiger partial charge in [-0.05, 0) is 55.0 Å². The molecule has 0 atom stereocenters. The molecule has 3 nitrogen and oxygen atoms in total. The maximum atomic E-state index is 13.5. The van der Waals surface area contributed by atoms with E-state index in [-0.39, 0.29) is 18.1 Å². The van der Waals surface area contributed by atoms with Crippen LogP contribution in [0.2, 0.25) is 0 Å². The normalized spacial score (nSPS) is 11.2. The number of ketones is 1. The fraction of sp³-hybridized carbons (Fsp3) is 0.150. The van der Waals surface area contributed by atoms with Gasteiger partial charge in [-0.3, -0.25) is 4.79 Å². The van der Waals surface area contributed by atoms with E-state index in [4.69, 9.17) is 9.15 Å². The summed E-state index contributed by atoms with van der Waals surface area (Å²) in [6.07, 6.45) is 3.93.